The average Bonchev–Trinajstić information content (AvgIpc) is 3.17. The topological polar surface area (TPSA) is 35.6 Å². The lowest BCUT2D eigenvalue weighted by Gasteiger charge is -2.42. The molecule has 2 atom stereocenters. The van der Waals surface area contributed by atoms with Gasteiger partial charge in [-0.15, -0.1) is 11.3 Å². The molecule has 0 bridgehead atoms. The summed E-state index contributed by atoms with van der Waals surface area (Å²) >= 11 is 1.78. The summed E-state index contributed by atoms with van der Waals surface area (Å²) in [6.07, 6.45) is 0. The Bertz CT molecular complexity index is 679. The average molecular weight is 372 g/mol. The Morgan fingerprint density at radius 2 is 1.69 bits per heavy atom. The number of amides is 1. The standard InChI is InChI=1S/C21H29N3OS/c1-16(2)21(25)22-17(3)20(19-10-7-15-26-19)24-13-11-23(12-14-24)18-8-5-4-6-9-18/h4-10,15-17,20H,11-14H2,1-3H3,(H,22,25)/t17-,20-/m0/s1. The third-order valence-corrected chi connectivity index (χ3v) is 5.97. The van der Waals surface area contributed by atoms with E-state index in [-0.39, 0.29) is 23.9 Å². The van der Waals surface area contributed by atoms with Crippen LogP contribution in [-0.4, -0.2) is 43.0 Å². The highest BCUT2D eigenvalue weighted by Gasteiger charge is 2.31. The Morgan fingerprint density at radius 3 is 2.27 bits per heavy atom. The molecule has 1 N–H and O–H groups in total. The van der Waals surface area contributed by atoms with Gasteiger partial charge in [0.2, 0.25) is 5.91 Å². The van der Waals surface area contributed by atoms with Gasteiger partial charge in [-0.2, -0.15) is 0 Å². The Labute approximate surface area is 160 Å². The van der Waals surface area contributed by atoms with Crippen LogP contribution in [-0.2, 0) is 4.79 Å². The largest absolute Gasteiger partial charge is 0.369 e. The van der Waals surface area contributed by atoms with Crippen LogP contribution in [0.3, 0.4) is 0 Å². The van der Waals surface area contributed by atoms with Gasteiger partial charge in [-0.3, -0.25) is 9.69 Å². The molecule has 1 amide bonds. The van der Waals surface area contributed by atoms with E-state index in [0.29, 0.717) is 0 Å². The predicted molar refractivity (Wildman–Crippen MR) is 110 cm³/mol. The van der Waals surface area contributed by atoms with E-state index in [1.807, 2.05) is 13.8 Å². The van der Waals surface area contributed by atoms with Crippen molar-refractivity contribution in [1.82, 2.24) is 10.2 Å². The van der Waals surface area contributed by atoms with Crippen molar-refractivity contribution in [2.24, 2.45) is 5.92 Å². The molecule has 140 valence electrons. The fourth-order valence-corrected chi connectivity index (χ4v) is 4.53. The maximum Gasteiger partial charge on any atom is 0.222 e. The third-order valence-electron chi connectivity index (χ3n) is 5.03. The van der Waals surface area contributed by atoms with Gasteiger partial charge in [0.15, 0.2) is 0 Å². The van der Waals surface area contributed by atoms with E-state index in [9.17, 15) is 4.79 Å². The van der Waals surface area contributed by atoms with Crippen LogP contribution in [0, 0.1) is 5.92 Å². The summed E-state index contributed by atoms with van der Waals surface area (Å²) in [4.78, 5) is 18.5. The van der Waals surface area contributed by atoms with Crippen LogP contribution in [0.15, 0.2) is 47.8 Å². The highest BCUT2D eigenvalue weighted by Crippen LogP contribution is 2.30. The Hall–Kier alpha value is -1.85. The van der Waals surface area contributed by atoms with Gasteiger partial charge in [0.05, 0.1) is 6.04 Å². The van der Waals surface area contributed by atoms with Crippen LogP contribution in [0.5, 0.6) is 0 Å². The molecule has 26 heavy (non-hydrogen) atoms. The maximum absolute atomic E-state index is 12.2. The summed E-state index contributed by atoms with van der Waals surface area (Å²) in [5.74, 6) is 0.137. The Kier molecular flexibility index (Phi) is 6.33. The third kappa shape index (κ3) is 4.46. The van der Waals surface area contributed by atoms with Crippen molar-refractivity contribution in [3.63, 3.8) is 0 Å². The molecule has 3 rings (SSSR count). The molecule has 0 saturated carbocycles. The molecule has 1 saturated heterocycles. The van der Waals surface area contributed by atoms with Crippen molar-refractivity contribution in [1.29, 1.82) is 0 Å². The van der Waals surface area contributed by atoms with E-state index < -0.39 is 0 Å². The summed E-state index contributed by atoms with van der Waals surface area (Å²) in [5, 5.41) is 5.34. The van der Waals surface area contributed by atoms with Gasteiger partial charge in [-0.25, -0.2) is 0 Å². The molecule has 0 aliphatic carbocycles. The van der Waals surface area contributed by atoms with Crippen LogP contribution in [0.25, 0.3) is 0 Å². The number of thiophene rings is 1. The highest BCUT2D eigenvalue weighted by atomic mass is 32.1. The summed E-state index contributed by atoms with van der Waals surface area (Å²) in [5.41, 5.74) is 1.29. The van der Waals surface area contributed by atoms with E-state index in [0.717, 1.165) is 26.2 Å². The van der Waals surface area contributed by atoms with E-state index >= 15 is 0 Å². The second-order valence-corrected chi connectivity index (χ2v) is 8.25. The number of hydrogen-bond donors (Lipinski definition) is 1. The number of benzene rings is 1. The van der Waals surface area contributed by atoms with Gasteiger partial charge in [0, 0.05) is 48.7 Å². The number of rotatable bonds is 6. The lowest BCUT2D eigenvalue weighted by Crippen LogP contribution is -2.52. The quantitative estimate of drug-likeness (QED) is 0.839. The molecule has 5 heteroatoms. The molecular weight excluding hydrogens is 342 g/mol. The van der Waals surface area contributed by atoms with Crippen molar-refractivity contribution in [3.05, 3.63) is 52.7 Å². The van der Waals surface area contributed by atoms with E-state index in [2.05, 4.69) is 69.9 Å². The van der Waals surface area contributed by atoms with Crippen LogP contribution >= 0.6 is 11.3 Å². The molecule has 0 spiro atoms. The van der Waals surface area contributed by atoms with Crippen LogP contribution < -0.4 is 10.2 Å². The summed E-state index contributed by atoms with van der Waals surface area (Å²) in [6.45, 7) is 10.0. The lowest BCUT2D eigenvalue weighted by atomic mass is 10.0. The fourth-order valence-electron chi connectivity index (χ4n) is 3.57. The molecular formula is C21H29N3OS. The Balaban J connectivity index is 1.69. The van der Waals surface area contributed by atoms with Crippen molar-refractivity contribution >= 4 is 22.9 Å². The monoisotopic (exact) mass is 371 g/mol. The number of anilines is 1. The summed E-state index contributed by atoms with van der Waals surface area (Å²) in [6, 6.07) is 15.2. The molecule has 4 nitrogen and oxygen atoms in total. The first-order chi connectivity index (χ1) is 12.6. The van der Waals surface area contributed by atoms with E-state index in [4.69, 9.17) is 0 Å². The number of carbonyl (C=O) groups is 1. The number of para-hydroxylation sites is 1. The maximum atomic E-state index is 12.2. The second kappa shape index (κ2) is 8.69. The minimum absolute atomic E-state index is 0.0105. The molecule has 2 aromatic rings. The number of carbonyl (C=O) groups excluding carboxylic acids is 1. The summed E-state index contributed by atoms with van der Waals surface area (Å²) in [7, 11) is 0. The second-order valence-electron chi connectivity index (χ2n) is 7.27. The van der Waals surface area contributed by atoms with Crippen LogP contribution in [0.1, 0.15) is 31.7 Å². The first-order valence-corrected chi connectivity index (χ1v) is 10.3. The van der Waals surface area contributed by atoms with Gasteiger partial charge in [0.1, 0.15) is 0 Å². The minimum atomic E-state index is 0.0105. The number of hydrogen-bond acceptors (Lipinski definition) is 4. The minimum Gasteiger partial charge on any atom is -0.369 e. The predicted octanol–water partition coefficient (Wildman–Crippen LogP) is 3.77. The van der Waals surface area contributed by atoms with Gasteiger partial charge in [0.25, 0.3) is 0 Å². The highest BCUT2D eigenvalue weighted by molar-refractivity contribution is 7.10. The molecule has 1 fully saturated rings. The van der Waals surface area contributed by atoms with E-state index in [1.165, 1.54) is 10.6 Å². The van der Waals surface area contributed by atoms with E-state index in [1.54, 1.807) is 11.3 Å². The molecule has 0 radical (unpaired) electrons. The van der Waals surface area contributed by atoms with Gasteiger partial charge in [-0.1, -0.05) is 38.1 Å². The Morgan fingerprint density at radius 1 is 1.00 bits per heavy atom. The van der Waals surface area contributed by atoms with Crippen molar-refractivity contribution < 1.29 is 4.79 Å². The number of nitrogens with zero attached hydrogens (tertiary/aromatic N) is 2. The van der Waals surface area contributed by atoms with Crippen molar-refractivity contribution in [3.8, 4) is 0 Å². The van der Waals surface area contributed by atoms with Crippen LogP contribution in [0.4, 0.5) is 5.69 Å². The summed E-state index contributed by atoms with van der Waals surface area (Å²) < 4.78 is 0. The zero-order chi connectivity index (χ0) is 18.5. The normalized spacial score (nSPS) is 17.9. The van der Waals surface area contributed by atoms with Gasteiger partial charge < -0.3 is 10.2 Å². The van der Waals surface area contributed by atoms with Crippen molar-refractivity contribution in [2.75, 3.05) is 31.1 Å². The zero-order valence-electron chi connectivity index (χ0n) is 15.9. The molecule has 1 aromatic heterocycles. The SMILES string of the molecule is CC(C)C(=O)N[C@@H](C)[C@@H](c1cccs1)N1CCN(c2ccccc2)CC1. The molecule has 0 unspecified atom stereocenters. The number of nitrogens with one attached hydrogen (secondary N) is 1. The van der Waals surface area contributed by atoms with Gasteiger partial charge >= 0.3 is 0 Å². The van der Waals surface area contributed by atoms with Crippen LogP contribution in [0.2, 0.25) is 0 Å². The first-order valence-electron chi connectivity index (χ1n) is 9.44. The zero-order valence-corrected chi connectivity index (χ0v) is 16.7. The van der Waals surface area contributed by atoms with Crippen molar-refractivity contribution in [2.45, 2.75) is 32.9 Å². The van der Waals surface area contributed by atoms with Gasteiger partial charge in [-0.05, 0) is 30.5 Å². The lowest BCUT2D eigenvalue weighted by molar-refractivity contribution is -0.125. The molecule has 2 heterocycles. The smallest absolute Gasteiger partial charge is 0.222 e. The molecule has 1 aliphatic heterocycles. The molecule has 1 aliphatic rings. The first kappa shape index (κ1) is 18.9. The number of piperazine rings is 1. The molecule has 1 aromatic carbocycles. The fraction of sp³-hybridized carbons (Fsp3) is 0.476.